The fourth-order valence-electron chi connectivity index (χ4n) is 2.31. The van der Waals surface area contributed by atoms with Gasteiger partial charge in [-0.05, 0) is 32.6 Å². The Morgan fingerprint density at radius 1 is 1.45 bits per heavy atom. The lowest BCUT2D eigenvalue weighted by Gasteiger charge is -2.35. The summed E-state index contributed by atoms with van der Waals surface area (Å²) in [6, 6.07) is -0.167. The van der Waals surface area contributed by atoms with Crippen LogP contribution in [0.25, 0.3) is 0 Å². The van der Waals surface area contributed by atoms with E-state index in [-0.39, 0.29) is 23.7 Å². The van der Waals surface area contributed by atoms with E-state index in [9.17, 15) is 13.8 Å². The van der Waals surface area contributed by atoms with Crippen molar-refractivity contribution < 1.29 is 18.9 Å². The third kappa shape index (κ3) is 5.48. The minimum absolute atomic E-state index is 0.00211. The quantitative estimate of drug-likeness (QED) is 0.771. The number of carboxylic acids is 1. The first-order valence-corrected chi connectivity index (χ1v) is 8.62. The van der Waals surface area contributed by atoms with E-state index < -0.39 is 16.8 Å². The molecule has 2 N–H and O–H groups in total. The summed E-state index contributed by atoms with van der Waals surface area (Å²) < 4.78 is 11.3. The highest BCUT2D eigenvalue weighted by atomic mass is 32.2. The van der Waals surface area contributed by atoms with Gasteiger partial charge in [0.25, 0.3) is 0 Å². The summed E-state index contributed by atoms with van der Waals surface area (Å²) in [5.41, 5.74) is 0. The molecule has 3 atom stereocenters. The van der Waals surface area contributed by atoms with E-state index in [1.165, 1.54) is 0 Å². The third-order valence-corrected chi connectivity index (χ3v) is 4.99. The van der Waals surface area contributed by atoms with Crippen molar-refractivity contribution in [2.45, 2.75) is 50.3 Å². The van der Waals surface area contributed by atoms with Gasteiger partial charge >= 0.3 is 12.0 Å². The molecule has 6 nitrogen and oxygen atoms in total. The van der Waals surface area contributed by atoms with Crippen molar-refractivity contribution in [3.05, 3.63) is 0 Å². The van der Waals surface area contributed by atoms with Crippen molar-refractivity contribution in [3.63, 3.8) is 0 Å². The van der Waals surface area contributed by atoms with Crippen molar-refractivity contribution in [1.29, 1.82) is 0 Å². The number of hydrogen-bond donors (Lipinski definition) is 2. The average molecular weight is 304 g/mol. The molecule has 0 bridgehead atoms. The maximum absolute atomic E-state index is 12.1. The normalized spacial score (nSPS) is 22.1. The maximum Gasteiger partial charge on any atom is 0.317 e. The van der Waals surface area contributed by atoms with E-state index in [0.717, 1.165) is 19.3 Å². The largest absolute Gasteiger partial charge is 0.481 e. The van der Waals surface area contributed by atoms with Gasteiger partial charge in [-0.1, -0.05) is 0 Å². The molecule has 1 heterocycles. The Hall–Kier alpha value is -1.11. The number of carboxylic acid groups (broad SMARTS) is 1. The standard InChI is InChI=1S/C13H24N2O4S/c1-10(20(2)19)9-14-13(18)15-8-4-3-5-11(15)6-7-12(16)17/h10-11H,3-9H2,1-2H3,(H,14,18)(H,16,17). The molecule has 1 saturated heterocycles. The van der Waals surface area contributed by atoms with Gasteiger partial charge in [0.15, 0.2) is 0 Å². The van der Waals surface area contributed by atoms with E-state index in [4.69, 9.17) is 5.11 Å². The smallest absolute Gasteiger partial charge is 0.317 e. The molecule has 0 spiro atoms. The molecule has 1 aliphatic heterocycles. The number of urea groups is 1. The van der Waals surface area contributed by atoms with Gasteiger partial charge in [0.2, 0.25) is 0 Å². The van der Waals surface area contributed by atoms with E-state index in [1.807, 2.05) is 6.92 Å². The number of piperidine rings is 1. The van der Waals surface area contributed by atoms with Gasteiger partial charge in [-0.15, -0.1) is 0 Å². The average Bonchev–Trinajstić information content (AvgIpc) is 2.42. The molecule has 1 aliphatic rings. The maximum atomic E-state index is 12.1. The van der Waals surface area contributed by atoms with Crippen LogP contribution < -0.4 is 5.32 Å². The van der Waals surface area contributed by atoms with Gasteiger partial charge in [-0.2, -0.15) is 0 Å². The lowest BCUT2D eigenvalue weighted by Crippen LogP contribution is -2.50. The monoisotopic (exact) mass is 304 g/mol. The van der Waals surface area contributed by atoms with Crippen LogP contribution >= 0.6 is 0 Å². The van der Waals surface area contributed by atoms with Crippen LogP contribution in [0.2, 0.25) is 0 Å². The van der Waals surface area contributed by atoms with Gasteiger partial charge in [0.05, 0.1) is 0 Å². The van der Waals surface area contributed by atoms with Crippen molar-refractivity contribution >= 4 is 22.8 Å². The second-order valence-electron chi connectivity index (χ2n) is 5.27. The van der Waals surface area contributed by atoms with Gasteiger partial charge in [-0.25, -0.2) is 4.79 Å². The Kier molecular flexibility index (Phi) is 6.98. The summed E-state index contributed by atoms with van der Waals surface area (Å²) in [4.78, 5) is 24.5. The number of nitrogens with one attached hydrogen (secondary N) is 1. The number of amides is 2. The third-order valence-electron chi connectivity index (χ3n) is 3.69. The molecule has 0 aromatic rings. The van der Waals surface area contributed by atoms with Crippen molar-refractivity contribution in [3.8, 4) is 0 Å². The number of likely N-dealkylation sites (tertiary alicyclic amines) is 1. The highest BCUT2D eigenvalue weighted by Crippen LogP contribution is 2.20. The Balaban J connectivity index is 2.49. The van der Waals surface area contributed by atoms with Crippen LogP contribution in [-0.2, 0) is 15.6 Å². The fraction of sp³-hybridized carbons (Fsp3) is 0.846. The first-order valence-electron chi connectivity index (χ1n) is 7.00. The summed E-state index contributed by atoms with van der Waals surface area (Å²) in [5, 5.41) is 11.5. The summed E-state index contributed by atoms with van der Waals surface area (Å²) in [5.74, 6) is -0.828. The lowest BCUT2D eigenvalue weighted by molar-refractivity contribution is -0.137. The minimum Gasteiger partial charge on any atom is -0.481 e. The molecule has 116 valence electrons. The van der Waals surface area contributed by atoms with Gasteiger partial charge < -0.3 is 15.3 Å². The summed E-state index contributed by atoms with van der Waals surface area (Å²) in [7, 11) is -0.961. The second kappa shape index (κ2) is 8.24. The van der Waals surface area contributed by atoms with E-state index in [2.05, 4.69) is 5.32 Å². The van der Waals surface area contributed by atoms with Gasteiger partial charge in [0, 0.05) is 47.9 Å². The Bertz CT molecular complexity index is 375. The van der Waals surface area contributed by atoms with Crippen LogP contribution in [0.15, 0.2) is 0 Å². The molecule has 0 saturated carbocycles. The molecule has 0 aliphatic carbocycles. The first kappa shape index (κ1) is 16.9. The summed E-state index contributed by atoms with van der Waals surface area (Å²) in [6.07, 6.45) is 5.04. The van der Waals surface area contributed by atoms with E-state index >= 15 is 0 Å². The zero-order valence-electron chi connectivity index (χ0n) is 12.1. The molecule has 0 aromatic heterocycles. The predicted octanol–water partition coefficient (Wildman–Crippen LogP) is 1.18. The Morgan fingerprint density at radius 3 is 2.75 bits per heavy atom. The highest BCUT2D eigenvalue weighted by Gasteiger charge is 2.27. The highest BCUT2D eigenvalue weighted by molar-refractivity contribution is 7.84. The summed E-state index contributed by atoms with van der Waals surface area (Å²) in [6.45, 7) is 2.87. The number of aliphatic carboxylic acids is 1. The van der Waals surface area contributed by atoms with Crippen LogP contribution in [0, 0.1) is 0 Å². The van der Waals surface area contributed by atoms with Crippen LogP contribution in [0.5, 0.6) is 0 Å². The Labute approximate surface area is 122 Å². The predicted molar refractivity (Wildman–Crippen MR) is 78.1 cm³/mol. The number of rotatable bonds is 6. The SMILES string of the molecule is CC(CNC(=O)N1CCCCC1CCC(=O)O)S(C)=O. The summed E-state index contributed by atoms with van der Waals surface area (Å²) >= 11 is 0. The van der Waals surface area contributed by atoms with Crippen LogP contribution in [-0.4, -0.2) is 56.9 Å². The zero-order chi connectivity index (χ0) is 15.1. The van der Waals surface area contributed by atoms with Crippen LogP contribution in [0.1, 0.15) is 39.0 Å². The van der Waals surface area contributed by atoms with Crippen LogP contribution in [0.3, 0.4) is 0 Å². The van der Waals surface area contributed by atoms with E-state index in [1.54, 1.807) is 11.2 Å². The molecule has 20 heavy (non-hydrogen) atoms. The zero-order valence-corrected chi connectivity index (χ0v) is 12.9. The van der Waals surface area contributed by atoms with Gasteiger partial charge in [0.1, 0.15) is 0 Å². The topological polar surface area (TPSA) is 86.7 Å². The molecule has 7 heteroatoms. The van der Waals surface area contributed by atoms with Crippen LogP contribution in [0.4, 0.5) is 4.79 Å². The van der Waals surface area contributed by atoms with Crippen molar-refractivity contribution in [2.24, 2.45) is 0 Å². The minimum atomic E-state index is -0.961. The fourth-order valence-corrected chi connectivity index (χ4v) is 2.63. The van der Waals surface area contributed by atoms with Crippen molar-refractivity contribution in [1.82, 2.24) is 10.2 Å². The molecular formula is C13H24N2O4S. The number of carbonyl (C=O) groups is 2. The van der Waals surface area contributed by atoms with Gasteiger partial charge in [-0.3, -0.25) is 9.00 Å². The molecule has 0 radical (unpaired) electrons. The number of hydrogen-bond acceptors (Lipinski definition) is 3. The molecule has 3 unspecified atom stereocenters. The molecule has 1 rings (SSSR count). The molecular weight excluding hydrogens is 280 g/mol. The Morgan fingerprint density at radius 2 is 2.15 bits per heavy atom. The molecule has 2 amide bonds. The first-order chi connectivity index (χ1) is 9.41. The van der Waals surface area contributed by atoms with E-state index in [0.29, 0.717) is 19.5 Å². The number of nitrogens with zero attached hydrogens (tertiary/aromatic N) is 1. The van der Waals surface area contributed by atoms with Crippen molar-refractivity contribution in [2.75, 3.05) is 19.3 Å². The molecule has 0 aromatic carbocycles. The molecule has 1 fully saturated rings. The number of carbonyl (C=O) groups excluding carboxylic acids is 1. The second-order valence-corrected chi connectivity index (χ2v) is 7.07. The lowest BCUT2D eigenvalue weighted by atomic mass is 9.98.